The van der Waals surface area contributed by atoms with Gasteiger partial charge in [-0.15, -0.1) is 0 Å². The molecule has 17 heavy (non-hydrogen) atoms. The number of carbonyl (C=O) groups excluding carboxylic acids is 1. The molecular weight excluding hydrogens is 257 g/mol. The normalized spacial score (nSPS) is 13.2. The van der Waals surface area contributed by atoms with Crippen LogP contribution in [0.25, 0.3) is 0 Å². The van der Waals surface area contributed by atoms with Crippen molar-refractivity contribution in [1.29, 1.82) is 0 Å². The van der Waals surface area contributed by atoms with Crippen LogP contribution < -0.4 is 11.1 Å². The molecule has 0 spiro atoms. The SMILES string of the molecule is CC(Nc1cc(C(F)(F)F)ccc1Cl)C(N)=O. The summed E-state index contributed by atoms with van der Waals surface area (Å²) < 4.78 is 37.3. The number of rotatable bonds is 3. The van der Waals surface area contributed by atoms with Gasteiger partial charge < -0.3 is 11.1 Å². The molecule has 0 aliphatic carbocycles. The lowest BCUT2D eigenvalue weighted by Gasteiger charge is -2.15. The molecule has 1 aromatic rings. The second kappa shape index (κ2) is 4.83. The number of benzene rings is 1. The molecule has 0 aliphatic heterocycles. The predicted octanol–water partition coefficient (Wildman–Crippen LogP) is 2.64. The summed E-state index contributed by atoms with van der Waals surface area (Å²) in [5.74, 6) is -0.682. The first kappa shape index (κ1) is 13.6. The Labute approximate surface area is 101 Å². The Hall–Kier alpha value is -1.43. The Morgan fingerprint density at radius 1 is 1.47 bits per heavy atom. The molecule has 1 atom stereocenters. The Morgan fingerprint density at radius 3 is 2.53 bits per heavy atom. The number of carbonyl (C=O) groups is 1. The number of nitrogens with two attached hydrogens (primary N) is 1. The maximum absolute atomic E-state index is 12.4. The van der Waals surface area contributed by atoms with Gasteiger partial charge in [0.1, 0.15) is 6.04 Å². The fourth-order valence-corrected chi connectivity index (χ4v) is 1.29. The zero-order valence-electron chi connectivity index (χ0n) is 8.81. The van der Waals surface area contributed by atoms with Crippen LogP contribution in [0.15, 0.2) is 18.2 Å². The highest BCUT2D eigenvalue weighted by Gasteiger charge is 2.31. The molecule has 1 amide bonds. The number of alkyl halides is 3. The Balaban J connectivity index is 3.03. The number of hydrogen-bond donors (Lipinski definition) is 2. The van der Waals surface area contributed by atoms with Gasteiger partial charge in [-0.25, -0.2) is 0 Å². The van der Waals surface area contributed by atoms with Gasteiger partial charge in [0.05, 0.1) is 16.3 Å². The smallest absolute Gasteiger partial charge is 0.373 e. The minimum absolute atomic E-state index is 0.0211. The zero-order valence-corrected chi connectivity index (χ0v) is 9.56. The number of nitrogens with one attached hydrogen (secondary N) is 1. The van der Waals surface area contributed by atoms with Crippen LogP contribution in [0.1, 0.15) is 12.5 Å². The topological polar surface area (TPSA) is 55.1 Å². The van der Waals surface area contributed by atoms with E-state index in [1.807, 2.05) is 0 Å². The summed E-state index contributed by atoms with van der Waals surface area (Å²) in [4.78, 5) is 10.8. The molecule has 1 rings (SSSR count). The summed E-state index contributed by atoms with van der Waals surface area (Å²) in [7, 11) is 0. The van der Waals surface area contributed by atoms with Crippen molar-refractivity contribution >= 4 is 23.2 Å². The van der Waals surface area contributed by atoms with E-state index >= 15 is 0 Å². The molecule has 0 aromatic heterocycles. The van der Waals surface area contributed by atoms with Gasteiger partial charge in [0.2, 0.25) is 5.91 Å². The minimum atomic E-state index is -4.46. The first-order chi connectivity index (χ1) is 7.71. The molecule has 7 heteroatoms. The highest BCUT2D eigenvalue weighted by atomic mass is 35.5. The molecule has 3 N–H and O–H groups in total. The van der Waals surface area contributed by atoms with E-state index in [2.05, 4.69) is 5.32 Å². The van der Waals surface area contributed by atoms with Crippen LogP contribution in [0.2, 0.25) is 5.02 Å². The van der Waals surface area contributed by atoms with Crippen molar-refractivity contribution in [2.24, 2.45) is 5.73 Å². The van der Waals surface area contributed by atoms with Crippen LogP contribution in [0.4, 0.5) is 18.9 Å². The van der Waals surface area contributed by atoms with Crippen molar-refractivity contribution in [3.63, 3.8) is 0 Å². The molecule has 3 nitrogen and oxygen atoms in total. The lowest BCUT2D eigenvalue weighted by molar-refractivity contribution is -0.137. The Morgan fingerprint density at radius 2 is 2.06 bits per heavy atom. The van der Waals surface area contributed by atoms with Gasteiger partial charge >= 0.3 is 6.18 Å². The Kier molecular flexibility index (Phi) is 3.87. The third-order valence-electron chi connectivity index (χ3n) is 2.09. The van der Waals surface area contributed by atoms with E-state index in [1.165, 1.54) is 6.92 Å². The molecule has 0 bridgehead atoms. The highest BCUT2D eigenvalue weighted by molar-refractivity contribution is 6.33. The van der Waals surface area contributed by atoms with Gasteiger partial charge in [0, 0.05) is 0 Å². The predicted molar refractivity (Wildman–Crippen MR) is 58.7 cm³/mol. The average molecular weight is 267 g/mol. The first-order valence-electron chi connectivity index (χ1n) is 4.64. The van der Waals surface area contributed by atoms with Crippen LogP contribution in [-0.2, 0) is 11.0 Å². The van der Waals surface area contributed by atoms with E-state index in [0.717, 1.165) is 18.2 Å². The summed E-state index contributed by atoms with van der Waals surface area (Å²) in [5.41, 5.74) is 4.17. The molecule has 1 unspecified atom stereocenters. The van der Waals surface area contributed by atoms with E-state index in [0.29, 0.717) is 0 Å². The van der Waals surface area contributed by atoms with E-state index < -0.39 is 23.7 Å². The molecule has 0 saturated carbocycles. The van der Waals surface area contributed by atoms with Crippen molar-refractivity contribution in [1.82, 2.24) is 0 Å². The fourth-order valence-electron chi connectivity index (χ4n) is 1.12. The third-order valence-corrected chi connectivity index (χ3v) is 2.42. The van der Waals surface area contributed by atoms with Gasteiger partial charge in [0.25, 0.3) is 0 Å². The second-order valence-electron chi connectivity index (χ2n) is 3.46. The number of amides is 1. The van der Waals surface area contributed by atoms with Gasteiger partial charge in [0.15, 0.2) is 0 Å². The quantitative estimate of drug-likeness (QED) is 0.884. The number of halogens is 4. The maximum Gasteiger partial charge on any atom is 0.416 e. The van der Waals surface area contributed by atoms with E-state index in [4.69, 9.17) is 17.3 Å². The molecule has 94 valence electrons. The largest absolute Gasteiger partial charge is 0.416 e. The van der Waals surface area contributed by atoms with Crippen LogP contribution in [-0.4, -0.2) is 11.9 Å². The third kappa shape index (κ3) is 3.52. The van der Waals surface area contributed by atoms with Crippen molar-refractivity contribution in [2.45, 2.75) is 19.1 Å². The number of primary amides is 1. The molecule has 0 heterocycles. The summed E-state index contributed by atoms with van der Waals surface area (Å²) >= 11 is 5.71. The van der Waals surface area contributed by atoms with Crippen LogP contribution in [0, 0.1) is 0 Å². The number of hydrogen-bond acceptors (Lipinski definition) is 2. The fraction of sp³-hybridized carbons (Fsp3) is 0.300. The molecular formula is C10H10ClF3N2O. The summed E-state index contributed by atoms with van der Waals surface area (Å²) in [6, 6.07) is 2.00. The zero-order chi connectivity index (χ0) is 13.2. The van der Waals surface area contributed by atoms with Gasteiger partial charge in [-0.3, -0.25) is 4.79 Å². The second-order valence-corrected chi connectivity index (χ2v) is 3.87. The molecule has 0 aliphatic rings. The minimum Gasteiger partial charge on any atom is -0.373 e. The van der Waals surface area contributed by atoms with E-state index in [9.17, 15) is 18.0 Å². The molecule has 0 fully saturated rings. The summed E-state index contributed by atoms with van der Waals surface area (Å²) in [6.07, 6.45) is -4.46. The van der Waals surface area contributed by atoms with Crippen LogP contribution in [0.3, 0.4) is 0 Å². The van der Waals surface area contributed by atoms with Crippen LogP contribution >= 0.6 is 11.6 Å². The maximum atomic E-state index is 12.4. The standard InChI is InChI=1S/C10H10ClF3N2O/c1-5(9(15)17)16-8-4-6(10(12,13)14)2-3-7(8)11/h2-5,16H,1H3,(H2,15,17). The number of anilines is 1. The summed E-state index contributed by atoms with van der Waals surface area (Å²) in [5, 5.41) is 2.60. The Bertz CT molecular complexity index is 434. The lowest BCUT2D eigenvalue weighted by Crippen LogP contribution is -2.32. The first-order valence-corrected chi connectivity index (χ1v) is 5.02. The summed E-state index contributed by atoms with van der Waals surface area (Å²) in [6.45, 7) is 1.43. The van der Waals surface area contributed by atoms with E-state index in [-0.39, 0.29) is 10.7 Å². The lowest BCUT2D eigenvalue weighted by atomic mass is 10.2. The monoisotopic (exact) mass is 266 g/mol. The van der Waals surface area contributed by atoms with Crippen LogP contribution in [0.5, 0.6) is 0 Å². The van der Waals surface area contributed by atoms with Crippen molar-refractivity contribution in [3.05, 3.63) is 28.8 Å². The average Bonchev–Trinajstić information content (AvgIpc) is 2.19. The van der Waals surface area contributed by atoms with Gasteiger partial charge in [-0.05, 0) is 25.1 Å². The molecule has 0 radical (unpaired) electrons. The van der Waals surface area contributed by atoms with Crippen molar-refractivity contribution in [2.75, 3.05) is 5.32 Å². The van der Waals surface area contributed by atoms with Gasteiger partial charge in [-0.2, -0.15) is 13.2 Å². The van der Waals surface area contributed by atoms with Crippen molar-refractivity contribution < 1.29 is 18.0 Å². The molecule has 0 saturated heterocycles. The van der Waals surface area contributed by atoms with Crippen molar-refractivity contribution in [3.8, 4) is 0 Å². The van der Waals surface area contributed by atoms with E-state index in [1.54, 1.807) is 0 Å². The highest BCUT2D eigenvalue weighted by Crippen LogP contribution is 2.33. The van der Waals surface area contributed by atoms with Gasteiger partial charge in [-0.1, -0.05) is 11.6 Å². The molecule has 1 aromatic carbocycles.